The quantitative estimate of drug-likeness (QED) is 0.856. The van der Waals surface area contributed by atoms with E-state index in [2.05, 4.69) is 17.0 Å². The molecule has 2 aliphatic rings. The lowest BCUT2D eigenvalue weighted by atomic mass is 9.77. The minimum atomic E-state index is -0.0642. The van der Waals surface area contributed by atoms with Crippen molar-refractivity contribution in [3.8, 4) is 0 Å². The van der Waals surface area contributed by atoms with E-state index in [1.807, 2.05) is 18.7 Å². The summed E-state index contributed by atoms with van der Waals surface area (Å²) in [6.07, 6.45) is 3.02. The van der Waals surface area contributed by atoms with E-state index in [4.69, 9.17) is 4.52 Å². The predicted molar refractivity (Wildman–Crippen MR) is 79.8 cm³/mol. The first kappa shape index (κ1) is 14.6. The van der Waals surface area contributed by atoms with Gasteiger partial charge in [0.05, 0.1) is 11.1 Å². The predicted octanol–water partition coefficient (Wildman–Crippen LogP) is 2.13. The van der Waals surface area contributed by atoms with Crippen LogP contribution in [0.2, 0.25) is 0 Å². The summed E-state index contributed by atoms with van der Waals surface area (Å²) in [6.45, 7) is 10.7. The second kappa shape index (κ2) is 5.44. The van der Waals surface area contributed by atoms with E-state index >= 15 is 0 Å². The van der Waals surface area contributed by atoms with Crippen molar-refractivity contribution in [3.05, 3.63) is 17.0 Å². The van der Waals surface area contributed by atoms with Gasteiger partial charge in [0.2, 0.25) is 5.91 Å². The first-order valence-electron chi connectivity index (χ1n) is 7.99. The molecule has 2 aliphatic heterocycles. The van der Waals surface area contributed by atoms with Gasteiger partial charge in [0, 0.05) is 25.2 Å². The van der Waals surface area contributed by atoms with Gasteiger partial charge in [-0.25, -0.2) is 0 Å². The highest BCUT2D eigenvalue weighted by Crippen LogP contribution is 2.41. The van der Waals surface area contributed by atoms with Crippen molar-refractivity contribution in [2.24, 2.45) is 5.41 Å². The van der Waals surface area contributed by atoms with Crippen molar-refractivity contribution in [2.45, 2.75) is 46.6 Å². The third-order valence-electron chi connectivity index (χ3n) is 5.36. The summed E-state index contributed by atoms with van der Waals surface area (Å²) in [4.78, 5) is 17.0. The molecule has 2 saturated heterocycles. The van der Waals surface area contributed by atoms with Crippen LogP contribution in [0.15, 0.2) is 4.52 Å². The molecule has 2 fully saturated rings. The van der Waals surface area contributed by atoms with Crippen LogP contribution >= 0.6 is 0 Å². The number of hydrogen-bond donors (Lipinski definition) is 0. The molecule has 3 heterocycles. The van der Waals surface area contributed by atoms with Crippen LogP contribution in [0.5, 0.6) is 0 Å². The van der Waals surface area contributed by atoms with Gasteiger partial charge in [-0.3, -0.25) is 9.69 Å². The molecule has 0 aromatic carbocycles. The second-order valence-electron chi connectivity index (χ2n) is 6.49. The molecule has 0 aliphatic carbocycles. The van der Waals surface area contributed by atoms with Gasteiger partial charge in [-0.2, -0.15) is 0 Å². The zero-order chi connectivity index (χ0) is 15.0. The van der Waals surface area contributed by atoms with Gasteiger partial charge >= 0.3 is 0 Å². The lowest BCUT2D eigenvalue weighted by Gasteiger charge is -2.37. The monoisotopic (exact) mass is 291 g/mol. The maximum Gasteiger partial charge on any atom is 0.228 e. The Hall–Kier alpha value is -1.36. The molecule has 1 aromatic heterocycles. The average molecular weight is 291 g/mol. The van der Waals surface area contributed by atoms with Gasteiger partial charge in [-0.15, -0.1) is 0 Å². The Morgan fingerprint density at radius 1 is 1.19 bits per heavy atom. The lowest BCUT2D eigenvalue weighted by Crippen LogP contribution is -2.44. The van der Waals surface area contributed by atoms with Crippen LogP contribution in [0.3, 0.4) is 0 Å². The van der Waals surface area contributed by atoms with E-state index in [0.717, 1.165) is 63.4 Å². The summed E-state index contributed by atoms with van der Waals surface area (Å²) in [7, 11) is 0. The Balaban J connectivity index is 1.62. The van der Waals surface area contributed by atoms with Crippen molar-refractivity contribution in [2.75, 3.05) is 26.2 Å². The molecule has 0 N–H and O–H groups in total. The SMILES string of the molecule is CCN1CCC2(CCN(Cc3c(C)noc3C)CC2)C1=O. The summed E-state index contributed by atoms with van der Waals surface area (Å²) in [5.74, 6) is 1.31. The largest absolute Gasteiger partial charge is 0.361 e. The molecule has 1 aromatic rings. The number of piperidine rings is 1. The first-order valence-corrected chi connectivity index (χ1v) is 7.99. The number of nitrogens with zero attached hydrogens (tertiary/aromatic N) is 3. The average Bonchev–Trinajstić information content (AvgIpc) is 2.96. The van der Waals surface area contributed by atoms with Crippen molar-refractivity contribution in [1.29, 1.82) is 0 Å². The zero-order valence-electron chi connectivity index (χ0n) is 13.3. The Morgan fingerprint density at radius 3 is 2.38 bits per heavy atom. The molecular formula is C16H25N3O2. The third kappa shape index (κ3) is 2.48. The van der Waals surface area contributed by atoms with Gasteiger partial charge in [-0.1, -0.05) is 5.16 Å². The highest BCUT2D eigenvalue weighted by atomic mass is 16.5. The molecule has 0 saturated carbocycles. The van der Waals surface area contributed by atoms with Crippen LogP contribution in [0.4, 0.5) is 0 Å². The fraction of sp³-hybridized carbons (Fsp3) is 0.750. The van der Waals surface area contributed by atoms with Gasteiger partial charge in [0.1, 0.15) is 5.76 Å². The van der Waals surface area contributed by atoms with E-state index in [1.165, 1.54) is 5.56 Å². The Labute approximate surface area is 126 Å². The number of likely N-dealkylation sites (tertiary alicyclic amines) is 2. The molecule has 0 atom stereocenters. The summed E-state index contributed by atoms with van der Waals surface area (Å²) in [6, 6.07) is 0. The van der Waals surface area contributed by atoms with Gasteiger partial charge < -0.3 is 9.42 Å². The number of carbonyl (C=O) groups excluding carboxylic acids is 1. The molecule has 0 unspecified atom stereocenters. The van der Waals surface area contributed by atoms with Crippen LogP contribution in [-0.2, 0) is 11.3 Å². The molecule has 5 heteroatoms. The first-order chi connectivity index (χ1) is 10.1. The molecule has 1 spiro atoms. The van der Waals surface area contributed by atoms with Crippen molar-refractivity contribution in [1.82, 2.24) is 15.0 Å². The lowest BCUT2D eigenvalue weighted by molar-refractivity contribution is -0.138. The molecular weight excluding hydrogens is 266 g/mol. The van der Waals surface area contributed by atoms with Crippen molar-refractivity contribution >= 4 is 5.91 Å². The smallest absolute Gasteiger partial charge is 0.228 e. The van der Waals surface area contributed by atoms with Crippen molar-refractivity contribution < 1.29 is 9.32 Å². The number of amides is 1. The molecule has 21 heavy (non-hydrogen) atoms. The van der Waals surface area contributed by atoms with E-state index in [9.17, 15) is 4.79 Å². The van der Waals surface area contributed by atoms with Crippen LogP contribution in [-0.4, -0.2) is 47.0 Å². The summed E-state index contributed by atoms with van der Waals surface area (Å²) in [5.41, 5.74) is 2.13. The van der Waals surface area contributed by atoms with E-state index in [-0.39, 0.29) is 5.41 Å². The normalized spacial score (nSPS) is 22.4. The molecule has 0 radical (unpaired) electrons. The van der Waals surface area contributed by atoms with Gasteiger partial charge in [0.15, 0.2) is 0 Å². The molecule has 116 valence electrons. The van der Waals surface area contributed by atoms with Gasteiger partial charge in [-0.05, 0) is 53.1 Å². The van der Waals surface area contributed by atoms with Crippen LogP contribution in [0.1, 0.15) is 43.2 Å². The van der Waals surface area contributed by atoms with Crippen molar-refractivity contribution in [3.63, 3.8) is 0 Å². The standard InChI is InChI=1S/C16H25N3O2/c1-4-19-10-7-16(15(19)20)5-8-18(9-6-16)11-14-12(2)17-21-13(14)3/h4-11H2,1-3H3. The Morgan fingerprint density at radius 2 is 1.86 bits per heavy atom. The maximum absolute atomic E-state index is 12.5. The minimum absolute atomic E-state index is 0.0642. The highest BCUT2D eigenvalue weighted by molar-refractivity contribution is 5.85. The number of carbonyl (C=O) groups is 1. The summed E-state index contributed by atoms with van der Waals surface area (Å²) < 4.78 is 5.24. The third-order valence-corrected chi connectivity index (χ3v) is 5.36. The van der Waals surface area contributed by atoms with Crippen LogP contribution < -0.4 is 0 Å². The number of aryl methyl sites for hydroxylation is 2. The maximum atomic E-state index is 12.5. The summed E-state index contributed by atoms with van der Waals surface area (Å²) >= 11 is 0. The minimum Gasteiger partial charge on any atom is -0.361 e. The zero-order valence-corrected chi connectivity index (χ0v) is 13.3. The van der Waals surface area contributed by atoms with Gasteiger partial charge in [0.25, 0.3) is 0 Å². The number of hydrogen-bond acceptors (Lipinski definition) is 4. The fourth-order valence-electron chi connectivity index (χ4n) is 3.75. The number of rotatable bonds is 3. The summed E-state index contributed by atoms with van der Waals surface area (Å²) in [5, 5.41) is 4.02. The van der Waals surface area contributed by atoms with E-state index < -0.39 is 0 Å². The van der Waals surface area contributed by atoms with Crippen LogP contribution in [0.25, 0.3) is 0 Å². The molecule has 0 bridgehead atoms. The topological polar surface area (TPSA) is 49.6 Å². The highest BCUT2D eigenvalue weighted by Gasteiger charge is 2.47. The molecule has 1 amide bonds. The van der Waals surface area contributed by atoms with E-state index in [1.54, 1.807) is 0 Å². The Bertz CT molecular complexity index is 510. The number of aromatic nitrogens is 1. The molecule has 5 nitrogen and oxygen atoms in total. The van der Waals surface area contributed by atoms with Crippen LogP contribution in [0, 0.1) is 19.3 Å². The van der Waals surface area contributed by atoms with E-state index in [0.29, 0.717) is 5.91 Å². The fourth-order valence-corrected chi connectivity index (χ4v) is 3.75. The second-order valence-corrected chi connectivity index (χ2v) is 6.49. The molecule has 3 rings (SSSR count). The Kier molecular flexibility index (Phi) is 3.78.